The Labute approximate surface area is 217 Å². The number of hydrogen-bond acceptors (Lipinski definition) is 2. The molecular formula is C31H27Cl2NO. The van der Waals surface area contributed by atoms with Gasteiger partial charge in [-0.25, -0.2) is 0 Å². The van der Waals surface area contributed by atoms with Gasteiger partial charge in [-0.1, -0.05) is 41.4 Å². The molecule has 0 bridgehead atoms. The standard InChI is InChI=1S/C31H27Cl2NO/c32-27-10-6-22(7-11-27)26-19-29(35-30(20-26)23-8-12-28(33)13-9-23)14-5-21-17-24-3-1-15-34-16-2-4-25(18-21)31(24)34/h5-14,17-20,29H,1-4,15-16H2/b14-5+. The highest BCUT2D eigenvalue weighted by atomic mass is 35.5. The molecule has 176 valence electrons. The van der Waals surface area contributed by atoms with Gasteiger partial charge in [-0.05, 0) is 120 Å². The molecule has 0 saturated carbocycles. The third kappa shape index (κ3) is 4.78. The van der Waals surface area contributed by atoms with Crippen LogP contribution >= 0.6 is 23.2 Å². The second-order valence-electron chi connectivity index (χ2n) is 9.47. The molecule has 3 aromatic carbocycles. The average molecular weight is 500 g/mol. The van der Waals surface area contributed by atoms with Crippen LogP contribution in [0.4, 0.5) is 5.69 Å². The van der Waals surface area contributed by atoms with Crippen LogP contribution in [0.15, 0.2) is 78.9 Å². The second kappa shape index (κ2) is 9.60. The van der Waals surface area contributed by atoms with Crippen LogP contribution in [0.2, 0.25) is 10.0 Å². The van der Waals surface area contributed by atoms with Crippen molar-refractivity contribution in [1.29, 1.82) is 0 Å². The van der Waals surface area contributed by atoms with E-state index in [4.69, 9.17) is 27.9 Å². The third-order valence-corrected chi connectivity index (χ3v) is 7.54. The first-order valence-electron chi connectivity index (χ1n) is 12.3. The van der Waals surface area contributed by atoms with E-state index in [0.29, 0.717) is 5.02 Å². The maximum atomic E-state index is 6.43. The zero-order valence-electron chi connectivity index (χ0n) is 19.5. The minimum atomic E-state index is -0.180. The Balaban J connectivity index is 1.33. The van der Waals surface area contributed by atoms with E-state index in [9.17, 15) is 0 Å². The Kier molecular flexibility index (Phi) is 6.18. The fourth-order valence-electron chi connectivity index (χ4n) is 5.40. The fourth-order valence-corrected chi connectivity index (χ4v) is 5.65. The number of ether oxygens (including phenoxy) is 1. The molecule has 3 heterocycles. The van der Waals surface area contributed by atoms with Crippen LogP contribution in [-0.2, 0) is 17.6 Å². The summed E-state index contributed by atoms with van der Waals surface area (Å²) < 4.78 is 6.43. The van der Waals surface area contributed by atoms with Gasteiger partial charge in [0.25, 0.3) is 0 Å². The van der Waals surface area contributed by atoms with E-state index >= 15 is 0 Å². The number of hydrogen-bond donors (Lipinski definition) is 0. The van der Waals surface area contributed by atoms with Gasteiger partial charge in [-0.3, -0.25) is 0 Å². The van der Waals surface area contributed by atoms with E-state index in [2.05, 4.69) is 53.5 Å². The number of benzene rings is 3. The molecule has 0 fully saturated rings. The van der Waals surface area contributed by atoms with Crippen LogP contribution < -0.4 is 4.90 Å². The van der Waals surface area contributed by atoms with Gasteiger partial charge in [0.1, 0.15) is 11.9 Å². The largest absolute Gasteiger partial charge is 0.482 e. The number of aryl methyl sites for hydroxylation is 2. The van der Waals surface area contributed by atoms with E-state index in [1.807, 2.05) is 36.4 Å². The van der Waals surface area contributed by atoms with Gasteiger partial charge in [-0.2, -0.15) is 0 Å². The topological polar surface area (TPSA) is 12.5 Å². The Bertz CT molecular complexity index is 1300. The van der Waals surface area contributed by atoms with Crippen molar-refractivity contribution in [3.63, 3.8) is 0 Å². The number of allylic oxidation sites excluding steroid dienone is 2. The average Bonchev–Trinajstić information content (AvgIpc) is 2.88. The summed E-state index contributed by atoms with van der Waals surface area (Å²) in [6.45, 7) is 2.40. The van der Waals surface area contributed by atoms with Crippen LogP contribution in [-0.4, -0.2) is 19.2 Å². The number of halogens is 2. The van der Waals surface area contributed by atoms with Crippen molar-refractivity contribution in [1.82, 2.24) is 0 Å². The summed E-state index contributed by atoms with van der Waals surface area (Å²) in [6, 6.07) is 20.5. The van der Waals surface area contributed by atoms with Gasteiger partial charge in [0.05, 0.1) is 0 Å². The minimum Gasteiger partial charge on any atom is -0.482 e. The highest BCUT2D eigenvalue weighted by Gasteiger charge is 2.24. The Morgan fingerprint density at radius 3 is 2.03 bits per heavy atom. The summed E-state index contributed by atoms with van der Waals surface area (Å²) in [7, 11) is 0. The number of nitrogens with zero attached hydrogens (tertiary/aromatic N) is 1. The molecule has 0 amide bonds. The maximum Gasteiger partial charge on any atom is 0.136 e. The molecule has 3 aromatic rings. The smallest absolute Gasteiger partial charge is 0.136 e. The summed E-state index contributed by atoms with van der Waals surface area (Å²) in [5, 5.41) is 1.44. The third-order valence-electron chi connectivity index (χ3n) is 7.03. The zero-order chi connectivity index (χ0) is 23.8. The number of rotatable bonds is 4. The first kappa shape index (κ1) is 22.5. The molecule has 4 heteroatoms. The van der Waals surface area contributed by atoms with Gasteiger partial charge >= 0.3 is 0 Å². The van der Waals surface area contributed by atoms with Crippen LogP contribution in [0, 0.1) is 0 Å². The molecule has 0 spiro atoms. The summed E-state index contributed by atoms with van der Waals surface area (Å²) in [4.78, 5) is 2.58. The molecular weight excluding hydrogens is 473 g/mol. The molecule has 2 nitrogen and oxygen atoms in total. The second-order valence-corrected chi connectivity index (χ2v) is 10.3. The van der Waals surface area contributed by atoms with Gasteiger partial charge in [0.2, 0.25) is 0 Å². The van der Waals surface area contributed by atoms with Gasteiger partial charge in [0.15, 0.2) is 0 Å². The predicted octanol–water partition coefficient (Wildman–Crippen LogP) is 8.23. The quantitative estimate of drug-likeness (QED) is 0.358. The van der Waals surface area contributed by atoms with Crippen molar-refractivity contribution >= 4 is 46.3 Å². The lowest BCUT2D eigenvalue weighted by Gasteiger charge is -2.37. The van der Waals surface area contributed by atoms with Crippen molar-refractivity contribution in [2.45, 2.75) is 31.8 Å². The summed E-state index contributed by atoms with van der Waals surface area (Å²) in [6.07, 6.45) is 13.3. The summed E-state index contributed by atoms with van der Waals surface area (Å²) in [5.74, 6) is 0.833. The van der Waals surface area contributed by atoms with Gasteiger partial charge in [0, 0.05) is 34.4 Å². The minimum absolute atomic E-state index is 0.180. The van der Waals surface area contributed by atoms with E-state index in [0.717, 1.165) is 27.5 Å². The first-order valence-corrected chi connectivity index (χ1v) is 13.1. The van der Waals surface area contributed by atoms with Crippen molar-refractivity contribution < 1.29 is 4.74 Å². The highest BCUT2D eigenvalue weighted by Crippen LogP contribution is 2.37. The summed E-state index contributed by atoms with van der Waals surface area (Å²) >= 11 is 12.3. The van der Waals surface area contributed by atoms with Crippen LogP contribution in [0.3, 0.4) is 0 Å². The molecule has 3 aliphatic rings. The monoisotopic (exact) mass is 499 g/mol. The summed E-state index contributed by atoms with van der Waals surface area (Å²) in [5.41, 5.74) is 8.99. The van der Waals surface area contributed by atoms with Crippen LogP contribution in [0.25, 0.3) is 17.4 Å². The van der Waals surface area contributed by atoms with Crippen LogP contribution in [0.1, 0.15) is 40.7 Å². The Morgan fingerprint density at radius 1 is 0.800 bits per heavy atom. The molecule has 3 aliphatic heterocycles. The van der Waals surface area contributed by atoms with E-state index in [-0.39, 0.29) is 6.10 Å². The highest BCUT2D eigenvalue weighted by molar-refractivity contribution is 6.30. The maximum absolute atomic E-state index is 6.43. The van der Waals surface area contributed by atoms with Gasteiger partial charge in [-0.15, -0.1) is 0 Å². The number of anilines is 1. The zero-order valence-corrected chi connectivity index (χ0v) is 21.0. The molecule has 0 radical (unpaired) electrons. The molecule has 1 unspecified atom stereocenters. The molecule has 1 atom stereocenters. The normalized spacial score (nSPS) is 19.1. The molecule has 0 saturated heterocycles. The first-order chi connectivity index (χ1) is 17.1. The predicted molar refractivity (Wildman–Crippen MR) is 148 cm³/mol. The van der Waals surface area contributed by atoms with Crippen LogP contribution in [0.5, 0.6) is 0 Å². The lowest BCUT2D eigenvalue weighted by atomic mass is 9.90. The van der Waals surface area contributed by atoms with Crippen molar-refractivity contribution in [2.75, 3.05) is 18.0 Å². The van der Waals surface area contributed by atoms with Crippen molar-refractivity contribution in [3.05, 3.63) is 117 Å². The molecule has 0 aromatic heterocycles. The lowest BCUT2D eigenvalue weighted by molar-refractivity contribution is 0.253. The molecule has 0 aliphatic carbocycles. The van der Waals surface area contributed by atoms with Crippen molar-refractivity contribution in [3.8, 4) is 0 Å². The molecule has 35 heavy (non-hydrogen) atoms. The SMILES string of the molecule is Clc1ccc(C2=CC(/C=C/c3cc4c5c(c3)CCCN5CCC4)OC(c3ccc(Cl)cc3)=C2)cc1. The van der Waals surface area contributed by atoms with Crippen molar-refractivity contribution in [2.24, 2.45) is 0 Å². The molecule has 6 rings (SSSR count). The van der Waals surface area contributed by atoms with Gasteiger partial charge < -0.3 is 9.64 Å². The Morgan fingerprint density at radius 2 is 1.40 bits per heavy atom. The van der Waals surface area contributed by atoms with E-state index in [1.54, 1.807) is 0 Å². The Hall–Kier alpha value is -2.94. The fraction of sp³-hybridized carbons (Fsp3) is 0.226. The lowest BCUT2D eigenvalue weighted by Crippen LogP contribution is -2.34. The van der Waals surface area contributed by atoms with E-state index < -0.39 is 0 Å². The van der Waals surface area contributed by atoms with E-state index in [1.165, 1.54) is 61.2 Å². The molecule has 0 N–H and O–H groups in total.